The maximum atomic E-state index is 13.5. The molecule has 0 aromatic heterocycles. The highest BCUT2D eigenvalue weighted by atomic mass is 35.6. The second kappa shape index (κ2) is 7.43. The number of nitriles is 1. The summed E-state index contributed by atoms with van der Waals surface area (Å²) in [4.78, 5) is 15.2. The van der Waals surface area contributed by atoms with E-state index < -0.39 is 15.7 Å². The molecule has 0 bridgehead atoms. The van der Waals surface area contributed by atoms with Crippen molar-refractivity contribution in [3.8, 4) is 6.07 Å². The van der Waals surface area contributed by atoms with E-state index in [2.05, 4.69) is 0 Å². The number of anilines is 1. The van der Waals surface area contributed by atoms with Crippen LogP contribution in [0, 0.1) is 17.1 Å². The van der Waals surface area contributed by atoms with Gasteiger partial charge in [0.15, 0.2) is 0 Å². The second-order valence-corrected chi connectivity index (χ2v) is 7.47. The van der Waals surface area contributed by atoms with E-state index in [1.54, 1.807) is 6.07 Å². The van der Waals surface area contributed by atoms with Crippen LogP contribution in [-0.4, -0.2) is 47.6 Å². The number of hydrogen-bond donors (Lipinski definition) is 0. The van der Waals surface area contributed by atoms with E-state index in [1.807, 2.05) is 11.0 Å². The second-order valence-electron chi connectivity index (χ2n) is 4.95. The molecule has 1 aliphatic rings. The molecule has 9 heteroatoms. The van der Waals surface area contributed by atoms with E-state index in [-0.39, 0.29) is 12.2 Å². The molecule has 1 amide bonds. The molecular weight excluding hydrogens is 368 g/mol. The number of piperazine rings is 1. The quantitative estimate of drug-likeness (QED) is 0.739. The molecule has 0 saturated carbocycles. The van der Waals surface area contributed by atoms with Crippen LogP contribution in [0.25, 0.3) is 0 Å². The number of rotatable bonds is 2. The van der Waals surface area contributed by atoms with Crippen molar-refractivity contribution in [1.29, 1.82) is 5.26 Å². The normalized spacial score (nSPS) is 15.3. The van der Waals surface area contributed by atoms with Crippen molar-refractivity contribution in [2.75, 3.05) is 37.7 Å². The number of nitrogens with zero attached hydrogens (tertiary/aromatic N) is 3. The minimum absolute atomic E-state index is 0.254. The minimum atomic E-state index is -1.65. The van der Waals surface area contributed by atoms with E-state index in [4.69, 9.17) is 44.8 Å². The first-order valence-electron chi connectivity index (χ1n) is 6.72. The monoisotopic (exact) mass is 379 g/mol. The summed E-state index contributed by atoms with van der Waals surface area (Å²) >= 11 is 16.6. The fourth-order valence-corrected chi connectivity index (χ4v) is 2.37. The van der Waals surface area contributed by atoms with E-state index >= 15 is 0 Å². The molecule has 0 unspecified atom stereocenters. The minimum Gasteiger partial charge on any atom is -0.445 e. The molecule has 0 atom stereocenters. The molecule has 124 valence electrons. The summed E-state index contributed by atoms with van der Waals surface area (Å²) in [7, 11) is 0. The Hall–Kier alpha value is -1.42. The van der Waals surface area contributed by atoms with Gasteiger partial charge in [0.25, 0.3) is 0 Å². The number of ether oxygens (including phenoxy) is 1. The highest BCUT2D eigenvalue weighted by Crippen LogP contribution is 2.26. The highest BCUT2D eigenvalue weighted by molar-refractivity contribution is 6.67. The number of benzene rings is 1. The van der Waals surface area contributed by atoms with Gasteiger partial charge >= 0.3 is 6.09 Å². The fraction of sp³-hybridized carbons (Fsp3) is 0.429. The molecule has 1 aromatic carbocycles. The van der Waals surface area contributed by atoms with Crippen molar-refractivity contribution in [3.05, 3.63) is 29.6 Å². The zero-order valence-corrected chi connectivity index (χ0v) is 14.2. The third kappa shape index (κ3) is 5.31. The van der Waals surface area contributed by atoms with Gasteiger partial charge in [-0.1, -0.05) is 34.8 Å². The van der Waals surface area contributed by atoms with Crippen LogP contribution in [0.4, 0.5) is 14.9 Å². The van der Waals surface area contributed by atoms with Crippen molar-refractivity contribution in [2.24, 2.45) is 0 Å². The molecular formula is C14H13Cl3FN3O2. The Balaban J connectivity index is 1.92. The number of hydrogen-bond acceptors (Lipinski definition) is 4. The summed E-state index contributed by atoms with van der Waals surface area (Å²) < 4.78 is 16.8. The third-order valence-electron chi connectivity index (χ3n) is 3.27. The summed E-state index contributed by atoms with van der Waals surface area (Å²) in [5.41, 5.74) is 0.861. The zero-order chi connectivity index (χ0) is 17.0. The van der Waals surface area contributed by atoms with Crippen molar-refractivity contribution >= 4 is 46.6 Å². The van der Waals surface area contributed by atoms with Gasteiger partial charge in [-0.2, -0.15) is 5.26 Å². The molecule has 1 fully saturated rings. The number of alkyl halides is 3. The van der Waals surface area contributed by atoms with Crippen LogP contribution in [0.15, 0.2) is 18.2 Å². The molecule has 2 rings (SSSR count). The van der Waals surface area contributed by atoms with Crippen molar-refractivity contribution < 1.29 is 13.9 Å². The first kappa shape index (κ1) is 17.9. The van der Waals surface area contributed by atoms with Gasteiger partial charge in [0.1, 0.15) is 12.4 Å². The largest absolute Gasteiger partial charge is 0.445 e. The van der Waals surface area contributed by atoms with Gasteiger partial charge in [-0.15, -0.1) is 0 Å². The first-order chi connectivity index (χ1) is 10.8. The molecule has 0 spiro atoms. The van der Waals surface area contributed by atoms with Gasteiger partial charge in [-0.3, -0.25) is 0 Å². The van der Waals surface area contributed by atoms with Gasteiger partial charge in [0, 0.05) is 31.9 Å². The lowest BCUT2D eigenvalue weighted by Crippen LogP contribution is -2.49. The van der Waals surface area contributed by atoms with Crippen LogP contribution in [0.2, 0.25) is 0 Å². The summed E-state index contributed by atoms with van der Waals surface area (Å²) in [6, 6.07) is 6.06. The lowest BCUT2D eigenvalue weighted by atomic mass is 10.2. The Morgan fingerprint density at radius 3 is 2.48 bits per heavy atom. The Bertz CT molecular complexity index is 623. The van der Waals surface area contributed by atoms with Crippen LogP contribution in [0.5, 0.6) is 0 Å². The summed E-state index contributed by atoms with van der Waals surface area (Å²) in [6.45, 7) is 1.41. The predicted molar refractivity (Wildman–Crippen MR) is 86.5 cm³/mol. The van der Waals surface area contributed by atoms with Crippen molar-refractivity contribution in [2.45, 2.75) is 3.79 Å². The van der Waals surface area contributed by atoms with Crippen LogP contribution >= 0.6 is 34.8 Å². The molecule has 1 aromatic rings. The summed E-state index contributed by atoms with van der Waals surface area (Å²) in [5, 5.41) is 8.89. The number of carbonyl (C=O) groups is 1. The van der Waals surface area contributed by atoms with Crippen LogP contribution in [0.3, 0.4) is 0 Å². The number of halogens is 4. The van der Waals surface area contributed by atoms with E-state index in [0.717, 1.165) is 0 Å². The molecule has 1 saturated heterocycles. The van der Waals surface area contributed by atoms with E-state index in [1.165, 1.54) is 17.0 Å². The van der Waals surface area contributed by atoms with Crippen molar-refractivity contribution in [1.82, 2.24) is 4.90 Å². The van der Waals surface area contributed by atoms with E-state index in [0.29, 0.717) is 31.9 Å². The first-order valence-corrected chi connectivity index (χ1v) is 7.86. The maximum absolute atomic E-state index is 13.5. The molecule has 1 aliphatic heterocycles. The Morgan fingerprint density at radius 2 is 1.91 bits per heavy atom. The Kier molecular flexibility index (Phi) is 5.79. The lowest BCUT2D eigenvalue weighted by Gasteiger charge is -2.35. The molecule has 0 N–H and O–H groups in total. The molecule has 1 heterocycles. The van der Waals surface area contributed by atoms with Crippen molar-refractivity contribution in [3.63, 3.8) is 0 Å². The molecule has 23 heavy (non-hydrogen) atoms. The average molecular weight is 381 g/mol. The lowest BCUT2D eigenvalue weighted by molar-refractivity contribution is 0.102. The average Bonchev–Trinajstić information content (AvgIpc) is 2.51. The van der Waals surface area contributed by atoms with Crippen LogP contribution in [0.1, 0.15) is 5.56 Å². The Morgan fingerprint density at radius 1 is 1.26 bits per heavy atom. The third-order valence-corrected chi connectivity index (χ3v) is 3.60. The topological polar surface area (TPSA) is 56.6 Å². The summed E-state index contributed by atoms with van der Waals surface area (Å²) in [5.74, 6) is -0.469. The van der Waals surface area contributed by atoms with Gasteiger partial charge in [-0.05, 0) is 18.2 Å². The highest BCUT2D eigenvalue weighted by Gasteiger charge is 2.27. The number of amides is 1. The van der Waals surface area contributed by atoms with Gasteiger partial charge < -0.3 is 14.5 Å². The van der Waals surface area contributed by atoms with Gasteiger partial charge in [0.05, 0.1) is 11.6 Å². The smallest absolute Gasteiger partial charge is 0.410 e. The predicted octanol–water partition coefficient (Wildman–Crippen LogP) is 3.33. The summed E-state index contributed by atoms with van der Waals surface area (Å²) in [6.07, 6.45) is -0.562. The van der Waals surface area contributed by atoms with Gasteiger partial charge in [0.2, 0.25) is 3.79 Å². The number of carbonyl (C=O) groups excluding carboxylic acids is 1. The van der Waals surface area contributed by atoms with Crippen LogP contribution in [-0.2, 0) is 4.74 Å². The molecule has 5 nitrogen and oxygen atoms in total. The molecule has 0 radical (unpaired) electrons. The SMILES string of the molecule is N#Cc1cc(F)cc(N2CCN(C(=O)OCC(Cl)(Cl)Cl)CC2)c1. The maximum Gasteiger partial charge on any atom is 0.410 e. The fourth-order valence-electron chi connectivity index (χ4n) is 2.20. The zero-order valence-electron chi connectivity index (χ0n) is 11.9. The Labute approximate surface area is 148 Å². The van der Waals surface area contributed by atoms with E-state index in [9.17, 15) is 9.18 Å². The molecule has 0 aliphatic carbocycles. The standard InChI is InChI=1S/C14H13Cl3FN3O2/c15-14(16,17)9-23-13(22)21-3-1-20(2-4-21)12-6-10(8-19)5-11(18)7-12/h5-7H,1-4,9H2. The van der Waals surface area contributed by atoms with Crippen LogP contribution < -0.4 is 4.90 Å². The van der Waals surface area contributed by atoms with Gasteiger partial charge in [-0.25, -0.2) is 9.18 Å².